The maximum atomic E-state index is 12.6. The molecule has 1 aliphatic carbocycles. The molecule has 1 aromatic rings. The number of rotatable bonds is 5. The van der Waals surface area contributed by atoms with Gasteiger partial charge in [-0.1, -0.05) is 27.2 Å². The van der Waals surface area contributed by atoms with Crippen LogP contribution in [-0.2, 0) is 4.79 Å². The molecule has 2 N–H and O–H groups in total. The smallest absolute Gasteiger partial charge is 0.335 e. The number of amides is 1. The Morgan fingerprint density at radius 1 is 1.12 bits per heavy atom. The number of hydrogen-bond donors (Lipinski definition) is 2. The zero-order valence-electron chi connectivity index (χ0n) is 15.9. The van der Waals surface area contributed by atoms with Gasteiger partial charge >= 0.3 is 5.97 Å². The molecule has 1 amide bonds. The minimum atomic E-state index is -0.921. The van der Waals surface area contributed by atoms with Crippen molar-refractivity contribution in [3.63, 3.8) is 0 Å². The van der Waals surface area contributed by atoms with Gasteiger partial charge in [0, 0.05) is 17.5 Å². The van der Waals surface area contributed by atoms with Crippen LogP contribution in [0.15, 0.2) is 29.2 Å². The van der Waals surface area contributed by atoms with Gasteiger partial charge in [-0.15, -0.1) is 0 Å². The van der Waals surface area contributed by atoms with Crippen molar-refractivity contribution < 1.29 is 14.7 Å². The van der Waals surface area contributed by atoms with Gasteiger partial charge in [0.1, 0.15) is 0 Å². The maximum absolute atomic E-state index is 12.6. The second-order valence-corrected chi connectivity index (χ2v) is 7.87. The highest BCUT2D eigenvalue weighted by Crippen LogP contribution is 2.32. The quantitative estimate of drug-likeness (QED) is 0.752. The number of carboxylic acids is 1. The Labute approximate surface area is 160 Å². The number of nitrogens with one attached hydrogen (secondary N) is 1. The summed E-state index contributed by atoms with van der Waals surface area (Å²) in [5, 5.41) is 12.2. The van der Waals surface area contributed by atoms with Crippen molar-refractivity contribution in [2.75, 3.05) is 6.54 Å². The van der Waals surface area contributed by atoms with E-state index < -0.39 is 5.97 Å². The summed E-state index contributed by atoms with van der Waals surface area (Å²) in [4.78, 5) is 24.5. The van der Waals surface area contributed by atoms with Gasteiger partial charge in [-0.05, 0) is 67.8 Å². The van der Waals surface area contributed by atoms with Crippen LogP contribution < -0.4 is 5.32 Å². The number of carbonyl (C=O) groups excluding carboxylic acids is 1. The fourth-order valence-electron chi connectivity index (χ4n) is 3.54. The highest BCUT2D eigenvalue weighted by molar-refractivity contribution is 7.97. The normalized spacial score (nSPS) is 25.4. The van der Waals surface area contributed by atoms with Crippen molar-refractivity contribution >= 4 is 23.8 Å². The van der Waals surface area contributed by atoms with Crippen LogP contribution >= 0.6 is 11.9 Å². The molecule has 1 aliphatic heterocycles. The van der Waals surface area contributed by atoms with Crippen molar-refractivity contribution in [1.29, 1.82) is 0 Å². The van der Waals surface area contributed by atoms with E-state index >= 15 is 0 Å². The van der Waals surface area contributed by atoms with E-state index in [1.807, 2.05) is 13.8 Å². The molecule has 1 saturated heterocycles. The van der Waals surface area contributed by atoms with Gasteiger partial charge in [-0.3, -0.25) is 4.79 Å². The second kappa shape index (κ2) is 9.97. The van der Waals surface area contributed by atoms with Crippen LogP contribution in [0.25, 0.3) is 0 Å². The van der Waals surface area contributed by atoms with Gasteiger partial charge in [0.05, 0.1) is 11.6 Å². The van der Waals surface area contributed by atoms with E-state index in [4.69, 9.17) is 5.11 Å². The molecule has 3 rings (SSSR count). The Morgan fingerprint density at radius 2 is 1.81 bits per heavy atom. The first-order valence-electron chi connectivity index (χ1n) is 9.63. The molecule has 1 heterocycles. The lowest BCUT2D eigenvalue weighted by molar-refractivity contribution is -0.125. The van der Waals surface area contributed by atoms with Crippen LogP contribution in [0, 0.1) is 5.92 Å². The summed E-state index contributed by atoms with van der Waals surface area (Å²) < 4.78 is 2.13. The van der Waals surface area contributed by atoms with E-state index in [0.717, 1.165) is 30.7 Å². The summed E-state index contributed by atoms with van der Waals surface area (Å²) in [5.74, 6) is -0.211. The third kappa shape index (κ3) is 5.24. The number of aromatic carboxylic acids is 1. The van der Waals surface area contributed by atoms with Gasteiger partial charge in [0.2, 0.25) is 5.91 Å². The molecule has 0 bridgehead atoms. The molecular weight excluding hydrogens is 348 g/mol. The first kappa shape index (κ1) is 20.8. The highest BCUT2D eigenvalue weighted by Gasteiger charge is 2.34. The molecule has 2 unspecified atom stereocenters. The van der Waals surface area contributed by atoms with E-state index in [0.29, 0.717) is 12.0 Å². The summed E-state index contributed by atoms with van der Waals surface area (Å²) in [5.41, 5.74) is 0.283. The van der Waals surface area contributed by atoms with Crippen molar-refractivity contribution in [2.24, 2.45) is 5.92 Å². The average molecular weight is 379 g/mol. The number of carbonyl (C=O) groups is 2. The van der Waals surface area contributed by atoms with Gasteiger partial charge in [-0.2, -0.15) is 0 Å². The van der Waals surface area contributed by atoms with Crippen LogP contribution in [0.4, 0.5) is 0 Å². The maximum Gasteiger partial charge on any atom is 0.335 e. The molecule has 1 saturated carbocycles. The zero-order valence-corrected chi connectivity index (χ0v) is 16.7. The number of hydrogen-bond acceptors (Lipinski definition) is 4. The van der Waals surface area contributed by atoms with Gasteiger partial charge in [0.25, 0.3) is 0 Å². The molecule has 2 aliphatic rings. The predicted octanol–water partition coefficient (Wildman–Crippen LogP) is 4.19. The fourth-order valence-corrected chi connectivity index (χ4v) is 4.62. The molecule has 0 aromatic heterocycles. The SMILES string of the molecule is CC.CC1CCCC1NC(=O)[C@H]1CCCN1Sc1ccc(C(=O)O)cc1. The van der Waals surface area contributed by atoms with Crippen LogP contribution in [-0.4, -0.2) is 39.9 Å². The van der Waals surface area contributed by atoms with Crippen molar-refractivity contribution in [3.8, 4) is 0 Å². The molecule has 3 atom stereocenters. The molecule has 1 aromatic carbocycles. The first-order chi connectivity index (χ1) is 12.5. The predicted molar refractivity (Wildman–Crippen MR) is 105 cm³/mol. The zero-order chi connectivity index (χ0) is 19.1. The van der Waals surface area contributed by atoms with Gasteiger partial charge in [0.15, 0.2) is 0 Å². The van der Waals surface area contributed by atoms with Gasteiger partial charge < -0.3 is 10.4 Å². The van der Waals surface area contributed by atoms with E-state index in [1.165, 1.54) is 12.8 Å². The lowest BCUT2D eigenvalue weighted by atomic mass is 10.1. The van der Waals surface area contributed by atoms with E-state index in [9.17, 15) is 9.59 Å². The van der Waals surface area contributed by atoms with Crippen molar-refractivity contribution in [2.45, 2.75) is 69.9 Å². The van der Waals surface area contributed by atoms with Crippen LogP contribution in [0.2, 0.25) is 0 Å². The molecule has 0 radical (unpaired) electrons. The standard InChI is InChI=1S/C18H24N2O3S.C2H6/c1-12-4-2-5-15(12)19-17(21)16-6-3-11-20(16)24-14-9-7-13(8-10-14)18(22)23;1-2/h7-10,12,15-16H,2-6,11H2,1H3,(H,19,21)(H,22,23);1-2H3/t12?,15?,16-;/m1./s1. The number of carboxylic acid groups (broad SMARTS) is 1. The Morgan fingerprint density at radius 3 is 2.38 bits per heavy atom. The second-order valence-electron chi connectivity index (χ2n) is 6.74. The van der Waals surface area contributed by atoms with Crippen LogP contribution in [0.3, 0.4) is 0 Å². The monoisotopic (exact) mass is 378 g/mol. The van der Waals surface area contributed by atoms with Crippen molar-refractivity contribution in [1.82, 2.24) is 9.62 Å². The van der Waals surface area contributed by atoms with E-state index in [-0.39, 0.29) is 17.5 Å². The van der Waals surface area contributed by atoms with E-state index in [2.05, 4.69) is 16.5 Å². The minimum absolute atomic E-state index is 0.0954. The first-order valence-corrected chi connectivity index (χ1v) is 10.4. The Hall–Kier alpha value is -1.53. The van der Waals surface area contributed by atoms with Crippen molar-refractivity contribution in [3.05, 3.63) is 29.8 Å². The topological polar surface area (TPSA) is 69.6 Å². The highest BCUT2D eigenvalue weighted by atomic mass is 32.2. The summed E-state index contributed by atoms with van der Waals surface area (Å²) in [7, 11) is 0. The molecule has 26 heavy (non-hydrogen) atoms. The van der Waals surface area contributed by atoms with Crippen LogP contribution in [0.5, 0.6) is 0 Å². The lowest BCUT2D eigenvalue weighted by Crippen LogP contribution is -2.45. The Balaban J connectivity index is 0.00000117. The lowest BCUT2D eigenvalue weighted by Gasteiger charge is -2.25. The molecule has 144 valence electrons. The molecule has 6 heteroatoms. The molecular formula is C20H30N2O3S. The summed E-state index contributed by atoms with van der Waals surface area (Å²) >= 11 is 1.55. The van der Waals surface area contributed by atoms with Gasteiger partial charge in [-0.25, -0.2) is 9.10 Å². The number of nitrogens with zero attached hydrogens (tertiary/aromatic N) is 1. The molecule has 5 nitrogen and oxygen atoms in total. The van der Waals surface area contributed by atoms with Crippen LogP contribution in [0.1, 0.15) is 63.2 Å². The third-order valence-electron chi connectivity index (χ3n) is 5.02. The number of benzene rings is 1. The molecule has 2 fully saturated rings. The average Bonchev–Trinajstić information content (AvgIpc) is 3.26. The van der Waals surface area contributed by atoms with E-state index in [1.54, 1.807) is 36.2 Å². The summed E-state index contributed by atoms with van der Waals surface area (Å²) in [6.07, 6.45) is 5.38. The summed E-state index contributed by atoms with van der Waals surface area (Å²) in [6.45, 7) is 7.09. The minimum Gasteiger partial charge on any atom is -0.478 e. The third-order valence-corrected chi connectivity index (χ3v) is 6.17. The largest absolute Gasteiger partial charge is 0.478 e. The summed E-state index contributed by atoms with van der Waals surface area (Å²) in [6, 6.07) is 7.05. The Bertz CT molecular complexity index is 606. The molecule has 0 spiro atoms. The fraction of sp³-hybridized carbons (Fsp3) is 0.600. The Kier molecular flexibility index (Phi) is 7.97.